The van der Waals surface area contributed by atoms with Gasteiger partial charge in [0.1, 0.15) is 5.75 Å². The highest BCUT2D eigenvalue weighted by molar-refractivity contribution is 6.33. The van der Waals surface area contributed by atoms with Gasteiger partial charge in [-0.2, -0.15) is 0 Å². The molecule has 1 amide bonds. The normalized spacial score (nSPS) is 9.95. The number of halogens is 2. The summed E-state index contributed by atoms with van der Waals surface area (Å²) < 4.78 is 23.2. The zero-order valence-electron chi connectivity index (χ0n) is 10.5. The minimum Gasteiger partial charge on any atom is -0.497 e. The van der Waals surface area contributed by atoms with E-state index in [0.717, 1.165) is 0 Å². The van der Waals surface area contributed by atoms with Gasteiger partial charge >= 0.3 is 6.09 Å². The van der Waals surface area contributed by atoms with Gasteiger partial charge in [-0.15, -0.1) is 0 Å². The third-order valence-electron chi connectivity index (χ3n) is 2.45. The largest absolute Gasteiger partial charge is 0.497 e. The summed E-state index contributed by atoms with van der Waals surface area (Å²) in [5, 5.41) is 2.71. The van der Waals surface area contributed by atoms with Crippen molar-refractivity contribution < 1.29 is 18.7 Å². The van der Waals surface area contributed by atoms with Crippen molar-refractivity contribution in [1.82, 2.24) is 0 Å². The summed E-state index contributed by atoms with van der Waals surface area (Å²) in [5.41, 5.74) is 0.341. The molecule has 0 aliphatic carbocycles. The van der Waals surface area contributed by atoms with E-state index in [0.29, 0.717) is 11.4 Å². The van der Waals surface area contributed by atoms with Gasteiger partial charge in [0.25, 0.3) is 0 Å². The van der Waals surface area contributed by atoms with Gasteiger partial charge in [-0.1, -0.05) is 23.7 Å². The van der Waals surface area contributed by atoms with Crippen LogP contribution in [0.3, 0.4) is 0 Å². The average molecular weight is 296 g/mol. The van der Waals surface area contributed by atoms with Crippen LogP contribution < -0.4 is 14.8 Å². The van der Waals surface area contributed by atoms with Crippen LogP contribution in [0.2, 0.25) is 5.02 Å². The number of carbonyl (C=O) groups excluding carboxylic acids is 1. The Bertz CT molecular complexity index is 634. The zero-order valence-corrected chi connectivity index (χ0v) is 11.3. The molecule has 0 fully saturated rings. The number of anilines is 1. The Kier molecular flexibility index (Phi) is 4.42. The van der Waals surface area contributed by atoms with E-state index >= 15 is 0 Å². The van der Waals surface area contributed by atoms with Crippen molar-refractivity contribution in [1.29, 1.82) is 0 Å². The summed E-state index contributed by atoms with van der Waals surface area (Å²) in [6, 6.07) is 10.3. The van der Waals surface area contributed by atoms with Crippen LogP contribution in [0, 0.1) is 5.82 Å². The number of methoxy groups -OCH3 is 1. The molecule has 2 aromatic rings. The minimum absolute atomic E-state index is 0.158. The summed E-state index contributed by atoms with van der Waals surface area (Å²) in [7, 11) is 1.51. The van der Waals surface area contributed by atoms with Crippen molar-refractivity contribution in [2.75, 3.05) is 12.4 Å². The van der Waals surface area contributed by atoms with Crippen LogP contribution in [0.25, 0.3) is 0 Å². The number of para-hydroxylation sites is 1. The van der Waals surface area contributed by atoms with E-state index in [-0.39, 0.29) is 10.8 Å². The number of hydrogen-bond acceptors (Lipinski definition) is 3. The molecule has 1 N–H and O–H groups in total. The lowest BCUT2D eigenvalue weighted by Crippen LogP contribution is -2.17. The molecule has 0 saturated carbocycles. The van der Waals surface area contributed by atoms with Crippen LogP contribution in [0.4, 0.5) is 14.9 Å². The van der Waals surface area contributed by atoms with E-state index in [2.05, 4.69) is 5.32 Å². The molecule has 0 unspecified atom stereocenters. The van der Waals surface area contributed by atoms with E-state index in [4.69, 9.17) is 21.1 Å². The fourth-order valence-electron chi connectivity index (χ4n) is 1.49. The lowest BCUT2D eigenvalue weighted by atomic mass is 10.3. The number of amides is 1. The second kappa shape index (κ2) is 6.25. The Balaban J connectivity index is 2.07. The molecular formula is C14H11ClFNO3. The van der Waals surface area contributed by atoms with Crippen molar-refractivity contribution in [2.45, 2.75) is 0 Å². The second-order valence-electron chi connectivity index (χ2n) is 3.79. The molecule has 104 valence electrons. The number of carbonyl (C=O) groups is 1. The van der Waals surface area contributed by atoms with Crippen LogP contribution in [0.5, 0.6) is 11.5 Å². The number of ether oxygens (including phenoxy) is 2. The van der Waals surface area contributed by atoms with Crippen LogP contribution in [-0.4, -0.2) is 13.2 Å². The first-order valence-electron chi connectivity index (χ1n) is 5.67. The second-order valence-corrected chi connectivity index (χ2v) is 4.20. The van der Waals surface area contributed by atoms with Crippen LogP contribution >= 0.6 is 11.6 Å². The molecule has 2 rings (SSSR count). The Morgan fingerprint density at radius 1 is 1.25 bits per heavy atom. The molecule has 0 radical (unpaired) electrons. The molecule has 20 heavy (non-hydrogen) atoms. The summed E-state index contributed by atoms with van der Waals surface area (Å²) in [6.07, 6.45) is -0.831. The van der Waals surface area contributed by atoms with Crippen molar-refractivity contribution in [3.63, 3.8) is 0 Å². The van der Waals surface area contributed by atoms with Crippen molar-refractivity contribution >= 4 is 23.4 Å². The van der Waals surface area contributed by atoms with Gasteiger partial charge < -0.3 is 9.47 Å². The van der Waals surface area contributed by atoms with Crippen molar-refractivity contribution in [3.8, 4) is 11.5 Å². The van der Waals surface area contributed by atoms with Gasteiger partial charge in [0.2, 0.25) is 0 Å². The van der Waals surface area contributed by atoms with E-state index < -0.39 is 11.9 Å². The monoisotopic (exact) mass is 295 g/mol. The minimum atomic E-state index is -0.831. The first kappa shape index (κ1) is 14.1. The van der Waals surface area contributed by atoms with Crippen LogP contribution in [0.1, 0.15) is 0 Å². The highest BCUT2D eigenvalue weighted by Crippen LogP contribution is 2.27. The van der Waals surface area contributed by atoms with E-state index in [1.54, 1.807) is 24.3 Å². The first-order chi connectivity index (χ1) is 9.60. The zero-order chi connectivity index (χ0) is 14.5. The number of benzene rings is 2. The van der Waals surface area contributed by atoms with Crippen LogP contribution in [0.15, 0.2) is 42.5 Å². The van der Waals surface area contributed by atoms with Crippen molar-refractivity contribution in [3.05, 3.63) is 53.3 Å². The molecule has 0 aromatic heterocycles. The lowest BCUT2D eigenvalue weighted by Gasteiger charge is -2.09. The number of nitrogens with one attached hydrogen (secondary N) is 1. The maximum Gasteiger partial charge on any atom is 0.417 e. The summed E-state index contributed by atoms with van der Waals surface area (Å²) in [5.74, 6) is -0.221. The number of hydrogen-bond donors (Lipinski definition) is 1. The highest BCUT2D eigenvalue weighted by Gasteiger charge is 2.11. The molecule has 0 bridgehead atoms. The maximum atomic E-state index is 13.3. The SMILES string of the molecule is COc1ccc(NC(=O)Oc2ccccc2F)c(Cl)c1. The molecule has 4 nitrogen and oxygen atoms in total. The third-order valence-corrected chi connectivity index (χ3v) is 2.76. The predicted octanol–water partition coefficient (Wildman–Crippen LogP) is 4.10. The Morgan fingerprint density at radius 3 is 2.65 bits per heavy atom. The summed E-state index contributed by atoms with van der Waals surface area (Å²) in [4.78, 5) is 11.7. The lowest BCUT2D eigenvalue weighted by molar-refractivity contribution is 0.213. The molecule has 0 aliphatic heterocycles. The molecule has 0 aliphatic rings. The predicted molar refractivity (Wildman–Crippen MR) is 74.1 cm³/mol. The van der Waals surface area contributed by atoms with Crippen LogP contribution in [-0.2, 0) is 0 Å². The Morgan fingerprint density at radius 2 is 2.00 bits per heavy atom. The van der Waals surface area contributed by atoms with E-state index in [9.17, 15) is 9.18 Å². The fraction of sp³-hybridized carbons (Fsp3) is 0.0714. The average Bonchev–Trinajstić information content (AvgIpc) is 2.43. The van der Waals surface area contributed by atoms with Gasteiger partial charge in [0.15, 0.2) is 11.6 Å². The Hall–Kier alpha value is -2.27. The molecule has 0 heterocycles. The maximum absolute atomic E-state index is 13.3. The third kappa shape index (κ3) is 3.39. The fourth-order valence-corrected chi connectivity index (χ4v) is 1.70. The highest BCUT2D eigenvalue weighted by atomic mass is 35.5. The quantitative estimate of drug-likeness (QED) is 0.927. The molecule has 2 aromatic carbocycles. The smallest absolute Gasteiger partial charge is 0.417 e. The van der Waals surface area contributed by atoms with Gasteiger partial charge in [0.05, 0.1) is 17.8 Å². The van der Waals surface area contributed by atoms with Gasteiger partial charge in [-0.05, 0) is 24.3 Å². The van der Waals surface area contributed by atoms with Gasteiger partial charge in [-0.25, -0.2) is 9.18 Å². The molecular weight excluding hydrogens is 285 g/mol. The standard InChI is InChI=1S/C14H11ClFNO3/c1-19-9-6-7-12(10(15)8-9)17-14(18)20-13-5-3-2-4-11(13)16/h2-8H,1H3,(H,17,18). The summed E-state index contributed by atoms with van der Waals surface area (Å²) in [6.45, 7) is 0. The van der Waals surface area contributed by atoms with E-state index in [1.807, 2.05) is 0 Å². The van der Waals surface area contributed by atoms with Gasteiger partial charge in [0, 0.05) is 6.07 Å². The number of rotatable bonds is 3. The van der Waals surface area contributed by atoms with E-state index in [1.165, 1.54) is 25.3 Å². The van der Waals surface area contributed by atoms with Gasteiger partial charge in [-0.3, -0.25) is 5.32 Å². The molecule has 6 heteroatoms. The topological polar surface area (TPSA) is 47.6 Å². The Labute approximate surface area is 120 Å². The molecule has 0 saturated heterocycles. The first-order valence-corrected chi connectivity index (χ1v) is 6.05. The van der Waals surface area contributed by atoms with Crippen molar-refractivity contribution in [2.24, 2.45) is 0 Å². The molecule has 0 spiro atoms. The summed E-state index contributed by atoms with van der Waals surface area (Å²) >= 11 is 5.96. The molecule has 0 atom stereocenters.